The molecule has 0 fully saturated rings. The second kappa shape index (κ2) is 4.73. The lowest BCUT2D eigenvalue weighted by Gasteiger charge is -2.16. The zero-order valence-electron chi connectivity index (χ0n) is 10.4. The third-order valence-electron chi connectivity index (χ3n) is 2.90. The van der Waals surface area contributed by atoms with E-state index in [0.717, 1.165) is 17.5 Å². The van der Waals surface area contributed by atoms with Gasteiger partial charge in [0.25, 0.3) is 0 Å². The summed E-state index contributed by atoms with van der Waals surface area (Å²) in [4.78, 5) is 0. The van der Waals surface area contributed by atoms with Gasteiger partial charge in [-0.2, -0.15) is 0 Å². The predicted molar refractivity (Wildman–Crippen MR) is 73.3 cm³/mol. The van der Waals surface area contributed by atoms with Crippen LogP contribution in [-0.4, -0.2) is 0 Å². The first-order valence-corrected chi connectivity index (χ1v) is 5.89. The number of nitrogens with two attached hydrogens (primary N) is 2. The Morgan fingerprint density at radius 2 is 1.65 bits per heavy atom. The molecular formula is C14H19N3. The highest BCUT2D eigenvalue weighted by Gasteiger charge is 2.07. The third kappa shape index (κ3) is 2.40. The molecule has 0 heterocycles. The van der Waals surface area contributed by atoms with Crippen LogP contribution in [0.3, 0.4) is 0 Å². The fourth-order valence-corrected chi connectivity index (χ4v) is 2.20. The summed E-state index contributed by atoms with van der Waals surface area (Å²) in [6.45, 7) is 4.45. The van der Waals surface area contributed by atoms with Gasteiger partial charge in [-0.25, -0.2) is 16.8 Å². The van der Waals surface area contributed by atoms with Gasteiger partial charge in [0, 0.05) is 5.39 Å². The lowest BCUT2D eigenvalue weighted by atomic mass is 9.96. The molecule has 4 N–H and O–H groups in total. The number of rotatable bonds is 3. The molecule has 0 spiro atoms. The molecule has 0 aromatic heterocycles. The van der Waals surface area contributed by atoms with E-state index >= 15 is 0 Å². The number of anilines is 1. The first-order valence-electron chi connectivity index (χ1n) is 5.89. The van der Waals surface area contributed by atoms with Crippen LogP contribution in [0, 0.1) is 5.92 Å². The van der Waals surface area contributed by atoms with Crippen LogP contribution in [-0.2, 0) is 6.42 Å². The Morgan fingerprint density at radius 3 is 2.29 bits per heavy atom. The average molecular weight is 229 g/mol. The van der Waals surface area contributed by atoms with Crippen LogP contribution in [0.15, 0.2) is 36.4 Å². The quantitative estimate of drug-likeness (QED) is 0.628. The minimum absolute atomic E-state index is 0.635. The number of nitrogens with zero attached hydrogens (tertiary/aromatic N) is 1. The number of hydrogen-bond acceptors (Lipinski definition) is 3. The van der Waals surface area contributed by atoms with Crippen molar-refractivity contribution >= 4 is 16.5 Å². The van der Waals surface area contributed by atoms with E-state index in [1.54, 1.807) is 0 Å². The highest BCUT2D eigenvalue weighted by molar-refractivity contribution is 5.96. The Labute approximate surface area is 102 Å². The van der Waals surface area contributed by atoms with Gasteiger partial charge >= 0.3 is 0 Å². The Balaban J connectivity index is 2.61. The molecule has 0 atom stereocenters. The molecule has 90 valence electrons. The average Bonchev–Trinajstić information content (AvgIpc) is 2.28. The van der Waals surface area contributed by atoms with Crippen molar-refractivity contribution in [2.24, 2.45) is 17.6 Å². The normalized spacial score (nSPS) is 11.1. The summed E-state index contributed by atoms with van der Waals surface area (Å²) < 4.78 is 0. The lowest BCUT2D eigenvalue weighted by molar-refractivity contribution is 0.650. The Bertz CT molecular complexity index is 518. The van der Waals surface area contributed by atoms with E-state index in [9.17, 15) is 0 Å². The lowest BCUT2D eigenvalue weighted by Crippen LogP contribution is -2.37. The zero-order chi connectivity index (χ0) is 12.4. The Hall–Kier alpha value is -1.58. The molecule has 0 saturated carbocycles. The molecule has 0 saturated heterocycles. The SMILES string of the molecule is CC(C)Cc1cccc2c(N(N)N)cccc12. The van der Waals surface area contributed by atoms with E-state index in [-0.39, 0.29) is 0 Å². The van der Waals surface area contributed by atoms with Gasteiger partial charge in [-0.15, -0.1) is 0 Å². The zero-order valence-corrected chi connectivity index (χ0v) is 10.4. The molecule has 2 aromatic carbocycles. The number of benzene rings is 2. The van der Waals surface area contributed by atoms with Gasteiger partial charge in [0.15, 0.2) is 0 Å². The predicted octanol–water partition coefficient (Wildman–Crippen LogP) is 2.59. The van der Waals surface area contributed by atoms with E-state index in [2.05, 4.69) is 38.1 Å². The Kier molecular flexibility index (Phi) is 3.31. The van der Waals surface area contributed by atoms with Crippen molar-refractivity contribution in [1.29, 1.82) is 0 Å². The topological polar surface area (TPSA) is 55.3 Å². The maximum Gasteiger partial charge on any atom is 0.0775 e. The largest absolute Gasteiger partial charge is 0.246 e. The van der Waals surface area contributed by atoms with E-state index in [1.165, 1.54) is 16.1 Å². The van der Waals surface area contributed by atoms with E-state index in [0.29, 0.717) is 5.92 Å². The van der Waals surface area contributed by atoms with Crippen LogP contribution < -0.4 is 16.8 Å². The molecule has 0 aliphatic rings. The van der Waals surface area contributed by atoms with Crippen molar-refractivity contribution in [1.82, 2.24) is 0 Å². The molecule has 2 rings (SSSR count). The molecule has 17 heavy (non-hydrogen) atoms. The van der Waals surface area contributed by atoms with Crippen molar-refractivity contribution < 1.29 is 0 Å². The third-order valence-corrected chi connectivity index (χ3v) is 2.90. The van der Waals surface area contributed by atoms with Crippen molar-refractivity contribution in [2.45, 2.75) is 20.3 Å². The van der Waals surface area contributed by atoms with Crippen molar-refractivity contribution in [3.63, 3.8) is 0 Å². The number of fused-ring (bicyclic) bond motifs is 1. The molecule has 0 amide bonds. The molecule has 0 bridgehead atoms. The summed E-state index contributed by atoms with van der Waals surface area (Å²) in [6, 6.07) is 12.3. The van der Waals surface area contributed by atoms with Gasteiger partial charge in [-0.1, -0.05) is 44.2 Å². The molecule has 3 nitrogen and oxygen atoms in total. The molecule has 0 aliphatic heterocycles. The molecule has 0 aliphatic carbocycles. The summed E-state index contributed by atoms with van der Waals surface area (Å²) in [5, 5.41) is 3.52. The minimum atomic E-state index is 0.635. The molecule has 0 radical (unpaired) electrons. The van der Waals surface area contributed by atoms with Gasteiger partial charge in [-0.05, 0) is 29.4 Å². The smallest absolute Gasteiger partial charge is 0.0775 e. The second-order valence-electron chi connectivity index (χ2n) is 4.79. The summed E-state index contributed by atoms with van der Waals surface area (Å²) >= 11 is 0. The van der Waals surface area contributed by atoms with Crippen LogP contribution in [0.5, 0.6) is 0 Å². The molecule has 2 aromatic rings. The van der Waals surface area contributed by atoms with Gasteiger partial charge in [0.05, 0.1) is 5.69 Å². The fraction of sp³-hybridized carbons (Fsp3) is 0.286. The monoisotopic (exact) mass is 229 g/mol. The van der Waals surface area contributed by atoms with Gasteiger partial charge in [0.2, 0.25) is 0 Å². The summed E-state index contributed by atoms with van der Waals surface area (Å²) in [5.41, 5.74) is 2.20. The fourth-order valence-electron chi connectivity index (χ4n) is 2.20. The summed E-state index contributed by atoms with van der Waals surface area (Å²) in [6.07, 6.45) is 1.07. The standard InChI is InChI=1S/C14H19N3/c1-10(2)9-11-5-3-7-13-12(11)6-4-8-14(13)17(15)16/h3-8,10H,9,15-16H2,1-2H3. The first kappa shape index (κ1) is 11.9. The Morgan fingerprint density at radius 1 is 1.00 bits per heavy atom. The maximum atomic E-state index is 5.64. The van der Waals surface area contributed by atoms with E-state index in [1.807, 2.05) is 12.1 Å². The maximum absolute atomic E-state index is 5.64. The van der Waals surface area contributed by atoms with E-state index in [4.69, 9.17) is 11.7 Å². The van der Waals surface area contributed by atoms with Crippen molar-refractivity contribution in [3.8, 4) is 0 Å². The number of hydrazine groups is 2. The second-order valence-corrected chi connectivity index (χ2v) is 4.79. The van der Waals surface area contributed by atoms with Crippen molar-refractivity contribution in [2.75, 3.05) is 5.12 Å². The van der Waals surface area contributed by atoms with Crippen LogP contribution in [0.25, 0.3) is 10.8 Å². The van der Waals surface area contributed by atoms with Crippen LogP contribution >= 0.6 is 0 Å². The summed E-state index contributed by atoms with van der Waals surface area (Å²) in [7, 11) is 0. The van der Waals surface area contributed by atoms with Gasteiger partial charge in [0.1, 0.15) is 0 Å². The van der Waals surface area contributed by atoms with Crippen molar-refractivity contribution in [3.05, 3.63) is 42.0 Å². The number of hydrogen-bond donors (Lipinski definition) is 2. The molecular weight excluding hydrogens is 210 g/mol. The van der Waals surface area contributed by atoms with Crippen LogP contribution in [0.2, 0.25) is 0 Å². The summed E-state index contributed by atoms with van der Waals surface area (Å²) in [5.74, 6) is 11.9. The van der Waals surface area contributed by atoms with Gasteiger partial charge in [-0.3, -0.25) is 0 Å². The molecule has 3 heteroatoms. The highest BCUT2D eigenvalue weighted by Crippen LogP contribution is 2.28. The van der Waals surface area contributed by atoms with Crippen LogP contribution in [0.4, 0.5) is 5.69 Å². The van der Waals surface area contributed by atoms with Crippen LogP contribution in [0.1, 0.15) is 19.4 Å². The first-order chi connectivity index (χ1) is 8.09. The van der Waals surface area contributed by atoms with E-state index < -0.39 is 0 Å². The van der Waals surface area contributed by atoms with Gasteiger partial charge < -0.3 is 0 Å². The highest BCUT2D eigenvalue weighted by atomic mass is 15.6. The molecule has 0 unspecified atom stereocenters. The minimum Gasteiger partial charge on any atom is -0.246 e.